The Kier molecular flexibility index (Phi) is 4.79. The summed E-state index contributed by atoms with van der Waals surface area (Å²) in [6, 6.07) is 7.44. The first kappa shape index (κ1) is 19.8. The van der Waals surface area contributed by atoms with Crippen LogP contribution in [0.25, 0.3) is 10.9 Å². The first-order chi connectivity index (χ1) is 14.9. The minimum absolute atomic E-state index is 0.0742. The van der Waals surface area contributed by atoms with Crippen molar-refractivity contribution in [3.8, 4) is 0 Å². The number of H-pyrrole nitrogens is 1. The molecule has 0 spiro atoms. The van der Waals surface area contributed by atoms with Gasteiger partial charge in [0, 0.05) is 22.5 Å². The standard InChI is InChI=1S/C23H25N3O5/c27-19-8-17(16-3-1-2-4-18(16)24-19)21(29)31-12-20(28)25-22(30)26-23-9-13-5-14(10-23)7-15(6-13)11-23/h1-4,8,13-15H,5-7,9-12H2,(H,24,27)(H2,25,26,28,30). The van der Waals surface area contributed by atoms with Crippen molar-refractivity contribution in [2.45, 2.75) is 44.1 Å². The van der Waals surface area contributed by atoms with Gasteiger partial charge in [-0.3, -0.25) is 14.9 Å². The van der Waals surface area contributed by atoms with Crippen molar-refractivity contribution < 1.29 is 19.1 Å². The molecule has 4 saturated carbocycles. The van der Waals surface area contributed by atoms with E-state index in [1.807, 2.05) is 0 Å². The van der Waals surface area contributed by atoms with E-state index in [9.17, 15) is 19.2 Å². The number of aromatic amines is 1. The van der Waals surface area contributed by atoms with Crippen molar-refractivity contribution in [3.05, 3.63) is 46.2 Å². The number of rotatable bonds is 4. The van der Waals surface area contributed by atoms with Gasteiger partial charge in [-0.05, 0) is 62.3 Å². The second-order valence-electron chi connectivity index (χ2n) is 9.37. The van der Waals surface area contributed by atoms with Gasteiger partial charge >= 0.3 is 12.0 Å². The molecular weight excluding hydrogens is 398 g/mol. The van der Waals surface area contributed by atoms with Crippen molar-refractivity contribution in [2.24, 2.45) is 17.8 Å². The van der Waals surface area contributed by atoms with E-state index in [0.717, 1.165) is 25.3 Å². The summed E-state index contributed by atoms with van der Waals surface area (Å²) >= 11 is 0. The predicted octanol–water partition coefficient (Wildman–Crippen LogP) is 2.48. The second-order valence-corrected chi connectivity index (χ2v) is 9.37. The normalized spacial score (nSPS) is 28.3. The number of ether oxygens (including phenoxy) is 1. The number of pyridine rings is 1. The number of esters is 1. The molecule has 8 nitrogen and oxygen atoms in total. The number of fused-ring (bicyclic) bond motifs is 1. The van der Waals surface area contributed by atoms with Crippen LogP contribution in [-0.2, 0) is 9.53 Å². The van der Waals surface area contributed by atoms with Crippen molar-refractivity contribution in [3.63, 3.8) is 0 Å². The highest BCUT2D eigenvalue weighted by Gasteiger charge is 2.51. The molecule has 0 unspecified atom stereocenters. The summed E-state index contributed by atoms with van der Waals surface area (Å²) in [7, 11) is 0. The maximum atomic E-state index is 12.4. The topological polar surface area (TPSA) is 117 Å². The maximum Gasteiger partial charge on any atom is 0.339 e. The molecule has 4 aliphatic rings. The molecule has 0 atom stereocenters. The van der Waals surface area contributed by atoms with Crippen LogP contribution in [0.4, 0.5) is 4.79 Å². The number of carbonyl (C=O) groups is 3. The van der Waals surface area contributed by atoms with E-state index in [4.69, 9.17) is 4.74 Å². The van der Waals surface area contributed by atoms with Crippen LogP contribution in [0.15, 0.2) is 35.1 Å². The van der Waals surface area contributed by atoms with Crippen LogP contribution in [0.1, 0.15) is 48.9 Å². The van der Waals surface area contributed by atoms with Crippen molar-refractivity contribution >= 4 is 28.8 Å². The highest BCUT2D eigenvalue weighted by Crippen LogP contribution is 2.55. The first-order valence-electron chi connectivity index (χ1n) is 10.8. The third kappa shape index (κ3) is 3.94. The number of carbonyl (C=O) groups excluding carboxylic acids is 3. The first-order valence-corrected chi connectivity index (χ1v) is 10.8. The smallest absolute Gasteiger partial charge is 0.339 e. The SMILES string of the molecule is O=C(COC(=O)c1cc(=O)[nH]c2ccccc12)NC(=O)NC12CC3CC(CC(C3)C1)C2. The van der Waals surface area contributed by atoms with Crippen LogP contribution < -0.4 is 16.2 Å². The van der Waals surface area contributed by atoms with E-state index in [1.54, 1.807) is 24.3 Å². The zero-order chi connectivity index (χ0) is 21.6. The summed E-state index contributed by atoms with van der Waals surface area (Å²) in [6.07, 6.45) is 6.71. The number of hydrogen-bond acceptors (Lipinski definition) is 5. The zero-order valence-electron chi connectivity index (χ0n) is 17.1. The fraction of sp³-hybridized carbons (Fsp3) is 0.478. The maximum absolute atomic E-state index is 12.4. The lowest BCUT2D eigenvalue weighted by Crippen LogP contribution is -2.62. The van der Waals surface area contributed by atoms with Gasteiger partial charge < -0.3 is 15.0 Å². The number of amides is 3. The molecule has 4 bridgehead atoms. The lowest BCUT2D eigenvalue weighted by Gasteiger charge is -2.56. The van der Waals surface area contributed by atoms with Gasteiger partial charge in [-0.15, -0.1) is 0 Å². The van der Waals surface area contributed by atoms with E-state index in [-0.39, 0.29) is 11.1 Å². The summed E-state index contributed by atoms with van der Waals surface area (Å²) in [6.45, 7) is -0.603. The Labute approximate surface area is 178 Å². The molecule has 1 aromatic carbocycles. The second kappa shape index (κ2) is 7.51. The Morgan fingerprint density at radius 1 is 1.03 bits per heavy atom. The molecule has 0 saturated heterocycles. The summed E-state index contributed by atoms with van der Waals surface area (Å²) in [5.74, 6) is 0.523. The van der Waals surface area contributed by atoms with E-state index < -0.39 is 30.1 Å². The lowest BCUT2D eigenvalue weighted by atomic mass is 9.53. The molecule has 6 rings (SSSR count). The van der Waals surface area contributed by atoms with Crippen LogP contribution in [0.3, 0.4) is 0 Å². The Morgan fingerprint density at radius 3 is 2.35 bits per heavy atom. The van der Waals surface area contributed by atoms with Gasteiger partial charge in [0.1, 0.15) is 0 Å². The molecule has 8 heteroatoms. The minimum Gasteiger partial charge on any atom is -0.452 e. The van der Waals surface area contributed by atoms with Crippen LogP contribution in [0.2, 0.25) is 0 Å². The van der Waals surface area contributed by atoms with E-state index in [1.165, 1.54) is 19.3 Å². The molecule has 162 valence electrons. The van der Waals surface area contributed by atoms with Gasteiger partial charge in [0.15, 0.2) is 6.61 Å². The molecule has 31 heavy (non-hydrogen) atoms. The number of hydrogen-bond donors (Lipinski definition) is 3. The average Bonchev–Trinajstić information content (AvgIpc) is 2.69. The highest BCUT2D eigenvalue weighted by atomic mass is 16.5. The minimum atomic E-state index is -0.793. The van der Waals surface area contributed by atoms with Gasteiger partial charge in [-0.2, -0.15) is 0 Å². The quantitative estimate of drug-likeness (QED) is 0.653. The number of nitrogens with one attached hydrogen (secondary N) is 3. The molecular formula is C23H25N3O5. The number of aromatic nitrogens is 1. The summed E-state index contributed by atoms with van der Waals surface area (Å²) in [4.78, 5) is 51.5. The monoisotopic (exact) mass is 423 g/mol. The van der Waals surface area contributed by atoms with Crippen LogP contribution in [0, 0.1) is 17.8 Å². The molecule has 3 N–H and O–H groups in total. The number of benzene rings is 1. The third-order valence-corrected chi connectivity index (χ3v) is 6.97. The fourth-order valence-electron chi connectivity index (χ4n) is 6.28. The molecule has 0 radical (unpaired) electrons. The van der Waals surface area contributed by atoms with Gasteiger partial charge in [0.2, 0.25) is 5.56 Å². The van der Waals surface area contributed by atoms with Crippen LogP contribution in [0.5, 0.6) is 0 Å². The number of urea groups is 1. The predicted molar refractivity (Wildman–Crippen MR) is 112 cm³/mol. The summed E-state index contributed by atoms with van der Waals surface area (Å²) < 4.78 is 5.06. The summed E-state index contributed by atoms with van der Waals surface area (Å²) in [5.41, 5.74) is -0.0728. The van der Waals surface area contributed by atoms with Gasteiger partial charge in [0.05, 0.1) is 5.56 Å². The van der Waals surface area contributed by atoms with Crippen molar-refractivity contribution in [1.82, 2.24) is 15.6 Å². The molecule has 3 amide bonds. The Bertz CT molecular complexity index is 1090. The average molecular weight is 423 g/mol. The molecule has 0 aliphatic heterocycles. The van der Waals surface area contributed by atoms with Gasteiger partial charge in [0.25, 0.3) is 5.91 Å². The van der Waals surface area contributed by atoms with E-state index in [2.05, 4.69) is 15.6 Å². The molecule has 4 fully saturated rings. The Balaban J connectivity index is 1.18. The van der Waals surface area contributed by atoms with Crippen LogP contribution >= 0.6 is 0 Å². The Morgan fingerprint density at radius 2 is 1.68 bits per heavy atom. The molecule has 1 heterocycles. The van der Waals surface area contributed by atoms with Crippen LogP contribution in [-0.4, -0.2) is 35.0 Å². The van der Waals surface area contributed by atoms with Gasteiger partial charge in [-0.25, -0.2) is 9.59 Å². The Hall–Kier alpha value is -3.16. The largest absolute Gasteiger partial charge is 0.452 e. The third-order valence-electron chi connectivity index (χ3n) is 6.97. The molecule has 1 aromatic heterocycles. The fourth-order valence-corrected chi connectivity index (χ4v) is 6.28. The van der Waals surface area contributed by atoms with E-state index >= 15 is 0 Å². The zero-order valence-corrected chi connectivity index (χ0v) is 17.1. The van der Waals surface area contributed by atoms with Gasteiger partial charge in [-0.1, -0.05) is 18.2 Å². The number of para-hydroxylation sites is 1. The summed E-state index contributed by atoms with van der Waals surface area (Å²) in [5, 5.41) is 5.85. The molecule has 4 aliphatic carbocycles. The van der Waals surface area contributed by atoms with Crippen molar-refractivity contribution in [2.75, 3.05) is 6.61 Å². The van der Waals surface area contributed by atoms with Crippen molar-refractivity contribution in [1.29, 1.82) is 0 Å². The molecule has 2 aromatic rings. The van der Waals surface area contributed by atoms with E-state index in [0.29, 0.717) is 28.7 Å². The highest BCUT2D eigenvalue weighted by molar-refractivity contribution is 6.04. The number of imide groups is 1. The lowest BCUT2D eigenvalue weighted by molar-refractivity contribution is -0.123.